The van der Waals surface area contributed by atoms with Crippen molar-refractivity contribution in [2.45, 2.75) is 31.5 Å². The number of alkyl halides is 3. The molecule has 0 aliphatic carbocycles. The smallest absolute Gasteiger partial charge is 0.490 e. The Bertz CT molecular complexity index is 578. The van der Waals surface area contributed by atoms with Gasteiger partial charge in [-0.1, -0.05) is 6.07 Å². The molecule has 1 saturated heterocycles. The Hall–Kier alpha value is -2.29. The van der Waals surface area contributed by atoms with Gasteiger partial charge in [-0.2, -0.15) is 13.2 Å². The van der Waals surface area contributed by atoms with Crippen molar-refractivity contribution in [2.75, 3.05) is 18.6 Å². The molecule has 1 amide bonds. The van der Waals surface area contributed by atoms with Crippen LogP contribution < -0.4 is 15.4 Å². The lowest BCUT2D eigenvalue weighted by Gasteiger charge is -2.23. The van der Waals surface area contributed by atoms with Crippen LogP contribution in [0.2, 0.25) is 0 Å². The first-order valence-corrected chi connectivity index (χ1v) is 7.18. The summed E-state index contributed by atoms with van der Waals surface area (Å²) in [4.78, 5) is 22.8. The minimum Gasteiger partial charge on any atom is -0.497 e. The second-order valence-electron chi connectivity index (χ2n) is 5.10. The first kappa shape index (κ1) is 19.8. The quantitative estimate of drug-likeness (QED) is 0.854. The third-order valence-electron chi connectivity index (χ3n) is 3.34. The van der Waals surface area contributed by atoms with Crippen molar-refractivity contribution in [3.63, 3.8) is 0 Å². The van der Waals surface area contributed by atoms with Crippen molar-refractivity contribution in [3.05, 3.63) is 24.3 Å². The van der Waals surface area contributed by atoms with Crippen LogP contribution in [-0.4, -0.2) is 42.9 Å². The summed E-state index contributed by atoms with van der Waals surface area (Å²) in [5.41, 5.74) is 6.72. The number of benzene rings is 1. The first-order chi connectivity index (χ1) is 11.2. The van der Waals surface area contributed by atoms with Crippen LogP contribution in [0.1, 0.15) is 19.3 Å². The van der Waals surface area contributed by atoms with Crippen molar-refractivity contribution in [2.24, 2.45) is 5.73 Å². The zero-order valence-corrected chi connectivity index (χ0v) is 13.0. The van der Waals surface area contributed by atoms with Crippen LogP contribution in [0.3, 0.4) is 0 Å². The number of nitrogens with two attached hydrogens (primary N) is 1. The number of carbonyl (C=O) groups excluding carboxylic acids is 1. The lowest BCUT2D eigenvalue weighted by molar-refractivity contribution is -0.192. The largest absolute Gasteiger partial charge is 0.497 e. The summed E-state index contributed by atoms with van der Waals surface area (Å²) in [6.45, 7) is 0.736. The Labute approximate surface area is 137 Å². The topological polar surface area (TPSA) is 92.9 Å². The average molecular weight is 348 g/mol. The normalized spacial score (nSPS) is 18.3. The van der Waals surface area contributed by atoms with Crippen LogP contribution in [0.5, 0.6) is 5.75 Å². The summed E-state index contributed by atoms with van der Waals surface area (Å²) in [6.07, 6.45) is -2.30. The Kier molecular flexibility index (Phi) is 7.02. The highest BCUT2D eigenvalue weighted by molar-refractivity contribution is 5.97. The van der Waals surface area contributed by atoms with E-state index in [1.807, 2.05) is 24.3 Å². The van der Waals surface area contributed by atoms with E-state index in [0.717, 1.165) is 37.2 Å². The predicted molar refractivity (Wildman–Crippen MR) is 80.9 cm³/mol. The number of ether oxygens (including phenoxy) is 1. The van der Waals surface area contributed by atoms with E-state index < -0.39 is 12.1 Å². The van der Waals surface area contributed by atoms with Gasteiger partial charge in [0.2, 0.25) is 5.91 Å². The highest BCUT2D eigenvalue weighted by Gasteiger charge is 2.38. The number of nitrogens with zero attached hydrogens (tertiary/aromatic N) is 1. The van der Waals surface area contributed by atoms with E-state index in [2.05, 4.69) is 0 Å². The minimum atomic E-state index is -5.08. The zero-order chi connectivity index (χ0) is 18.3. The van der Waals surface area contributed by atoms with Crippen molar-refractivity contribution >= 4 is 17.6 Å². The van der Waals surface area contributed by atoms with E-state index in [1.54, 1.807) is 12.0 Å². The molecule has 3 N–H and O–H groups in total. The van der Waals surface area contributed by atoms with E-state index in [4.69, 9.17) is 20.4 Å². The van der Waals surface area contributed by atoms with Gasteiger partial charge in [-0.3, -0.25) is 4.79 Å². The Morgan fingerprint density at radius 2 is 2.00 bits per heavy atom. The molecule has 134 valence electrons. The van der Waals surface area contributed by atoms with E-state index in [1.165, 1.54) is 0 Å². The van der Waals surface area contributed by atoms with Gasteiger partial charge in [0, 0.05) is 18.3 Å². The maximum Gasteiger partial charge on any atom is 0.490 e. The molecule has 1 aromatic carbocycles. The van der Waals surface area contributed by atoms with E-state index >= 15 is 0 Å². The maximum absolute atomic E-state index is 12.1. The highest BCUT2D eigenvalue weighted by atomic mass is 19.4. The molecule has 2 rings (SSSR count). The molecule has 1 atom stereocenters. The molecule has 1 aliphatic heterocycles. The molecule has 0 unspecified atom stereocenters. The SMILES string of the molecule is COc1cccc(N2CCCC[C@H](N)C2=O)c1.O=C(O)C(F)(F)F. The third kappa shape index (κ3) is 5.73. The number of hydrogen-bond acceptors (Lipinski definition) is 4. The fourth-order valence-corrected chi connectivity index (χ4v) is 2.10. The predicted octanol–water partition coefficient (Wildman–Crippen LogP) is 2.17. The summed E-state index contributed by atoms with van der Waals surface area (Å²) < 4.78 is 36.9. The summed E-state index contributed by atoms with van der Waals surface area (Å²) in [6, 6.07) is 7.17. The molecule has 0 aromatic heterocycles. The monoisotopic (exact) mass is 348 g/mol. The highest BCUT2D eigenvalue weighted by Crippen LogP contribution is 2.24. The van der Waals surface area contributed by atoms with Crippen LogP contribution >= 0.6 is 0 Å². The molecule has 24 heavy (non-hydrogen) atoms. The van der Waals surface area contributed by atoms with Gasteiger partial charge in [-0.15, -0.1) is 0 Å². The summed E-state index contributed by atoms with van der Waals surface area (Å²) in [7, 11) is 1.62. The number of carbonyl (C=O) groups is 2. The molecular weight excluding hydrogens is 329 g/mol. The van der Waals surface area contributed by atoms with Gasteiger partial charge in [-0.05, 0) is 31.4 Å². The summed E-state index contributed by atoms with van der Waals surface area (Å²) >= 11 is 0. The van der Waals surface area contributed by atoms with E-state index in [9.17, 15) is 18.0 Å². The fourth-order valence-electron chi connectivity index (χ4n) is 2.10. The van der Waals surface area contributed by atoms with Crippen molar-refractivity contribution in [1.29, 1.82) is 0 Å². The molecule has 1 fully saturated rings. The fraction of sp³-hybridized carbons (Fsp3) is 0.467. The van der Waals surface area contributed by atoms with Crippen LogP contribution in [0.15, 0.2) is 24.3 Å². The average Bonchev–Trinajstić information content (AvgIpc) is 2.69. The molecular formula is C15H19F3N2O4. The summed E-state index contributed by atoms with van der Waals surface area (Å²) in [5.74, 6) is -1.99. The minimum absolute atomic E-state index is 0.00996. The first-order valence-electron chi connectivity index (χ1n) is 7.18. The number of methoxy groups -OCH3 is 1. The molecule has 6 nitrogen and oxygen atoms in total. The van der Waals surface area contributed by atoms with Crippen LogP contribution in [0.4, 0.5) is 18.9 Å². The van der Waals surface area contributed by atoms with Gasteiger partial charge in [0.1, 0.15) is 5.75 Å². The van der Waals surface area contributed by atoms with Crippen LogP contribution in [-0.2, 0) is 9.59 Å². The molecule has 9 heteroatoms. The number of carboxylic acids is 1. The molecule has 0 spiro atoms. The van der Waals surface area contributed by atoms with E-state index in [0.29, 0.717) is 0 Å². The van der Waals surface area contributed by atoms with Gasteiger partial charge in [0.05, 0.1) is 13.2 Å². The molecule has 1 aromatic rings. The van der Waals surface area contributed by atoms with Crippen molar-refractivity contribution in [1.82, 2.24) is 0 Å². The van der Waals surface area contributed by atoms with Gasteiger partial charge in [-0.25, -0.2) is 4.79 Å². The second kappa shape index (κ2) is 8.53. The van der Waals surface area contributed by atoms with Gasteiger partial charge in [0.15, 0.2) is 0 Å². The molecule has 0 radical (unpaired) electrons. The van der Waals surface area contributed by atoms with Crippen LogP contribution in [0, 0.1) is 0 Å². The third-order valence-corrected chi connectivity index (χ3v) is 3.34. The van der Waals surface area contributed by atoms with Crippen molar-refractivity contribution < 1.29 is 32.6 Å². The Morgan fingerprint density at radius 1 is 1.38 bits per heavy atom. The van der Waals surface area contributed by atoms with E-state index in [-0.39, 0.29) is 11.9 Å². The van der Waals surface area contributed by atoms with Gasteiger partial charge >= 0.3 is 12.1 Å². The van der Waals surface area contributed by atoms with Gasteiger partial charge < -0.3 is 20.5 Å². The number of aliphatic carboxylic acids is 1. The number of anilines is 1. The lowest BCUT2D eigenvalue weighted by atomic mass is 10.1. The standard InChI is InChI=1S/C13H18N2O2.C2HF3O2/c1-17-11-6-4-5-10(9-11)15-8-3-2-7-12(14)13(15)16;3-2(4,5)1(6)7/h4-6,9,12H,2-3,7-8,14H2,1H3;(H,6,7)/t12-;/m0./s1. The second-order valence-corrected chi connectivity index (χ2v) is 5.10. The number of rotatable bonds is 2. The molecule has 0 saturated carbocycles. The maximum atomic E-state index is 12.1. The van der Waals surface area contributed by atoms with Crippen molar-refractivity contribution in [3.8, 4) is 5.75 Å². The molecule has 1 heterocycles. The Balaban J connectivity index is 0.000000351. The number of carboxylic acid groups (broad SMARTS) is 1. The number of halogens is 3. The Morgan fingerprint density at radius 3 is 2.54 bits per heavy atom. The summed E-state index contributed by atoms with van der Waals surface area (Å²) in [5, 5.41) is 7.12. The zero-order valence-electron chi connectivity index (χ0n) is 13.0. The lowest BCUT2D eigenvalue weighted by Crippen LogP contribution is -2.42. The molecule has 0 bridgehead atoms. The van der Waals surface area contributed by atoms with Crippen LogP contribution in [0.25, 0.3) is 0 Å². The van der Waals surface area contributed by atoms with Gasteiger partial charge in [0.25, 0.3) is 0 Å². The number of hydrogen-bond donors (Lipinski definition) is 2. The molecule has 1 aliphatic rings. The number of amides is 1.